The first kappa shape index (κ1) is 17.7. The number of imidazole rings is 1. The van der Waals surface area contributed by atoms with E-state index in [0.717, 1.165) is 0 Å². The van der Waals surface area contributed by atoms with Crippen LogP contribution in [0.2, 0.25) is 5.02 Å². The molecule has 0 unspecified atom stereocenters. The van der Waals surface area contributed by atoms with Crippen molar-refractivity contribution in [1.82, 2.24) is 14.3 Å². The number of carboxylic acid groups (broad SMARTS) is 1. The third-order valence-electron chi connectivity index (χ3n) is 3.48. The molecule has 0 amide bonds. The standard InChI is InChI=1S/C15H20ClN3O4/c1-22-7-5-18(6-8-23-2)10-12-14(15(20)21)17-13-4-3-11(16)9-19(12)13/h3-4,9H,5-8,10H2,1-2H3,(H,20,21). The summed E-state index contributed by atoms with van der Waals surface area (Å²) in [5, 5.41) is 9.95. The first-order valence-corrected chi connectivity index (χ1v) is 7.54. The van der Waals surface area contributed by atoms with Crippen LogP contribution in [0, 0.1) is 0 Å². The third kappa shape index (κ3) is 4.42. The summed E-state index contributed by atoms with van der Waals surface area (Å²) in [6, 6.07) is 3.39. The molecule has 2 heterocycles. The van der Waals surface area contributed by atoms with Crippen molar-refractivity contribution in [3.05, 3.63) is 34.7 Å². The lowest BCUT2D eigenvalue weighted by Crippen LogP contribution is -2.31. The highest BCUT2D eigenvalue weighted by atomic mass is 35.5. The molecule has 0 radical (unpaired) electrons. The number of fused-ring (bicyclic) bond motifs is 1. The second-order valence-electron chi connectivity index (χ2n) is 5.05. The average Bonchev–Trinajstić information content (AvgIpc) is 2.88. The fraction of sp³-hybridized carbons (Fsp3) is 0.467. The smallest absolute Gasteiger partial charge is 0.356 e. The van der Waals surface area contributed by atoms with Crippen molar-refractivity contribution in [2.75, 3.05) is 40.5 Å². The van der Waals surface area contributed by atoms with Crippen LogP contribution >= 0.6 is 11.6 Å². The number of methoxy groups -OCH3 is 2. The Kier molecular flexibility index (Phi) is 6.35. The van der Waals surface area contributed by atoms with Crippen LogP contribution < -0.4 is 0 Å². The van der Waals surface area contributed by atoms with Gasteiger partial charge in [0.1, 0.15) is 5.65 Å². The number of carbonyl (C=O) groups is 1. The molecule has 0 aliphatic carbocycles. The molecule has 0 saturated carbocycles. The molecule has 1 N–H and O–H groups in total. The number of nitrogens with zero attached hydrogens (tertiary/aromatic N) is 3. The quantitative estimate of drug-likeness (QED) is 0.749. The minimum atomic E-state index is -1.06. The Balaban J connectivity index is 2.35. The molecular weight excluding hydrogens is 322 g/mol. The maximum Gasteiger partial charge on any atom is 0.356 e. The number of carboxylic acids is 1. The number of rotatable bonds is 9. The van der Waals surface area contributed by atoms with Crippen LogP contribution in [0.1, 0.15) is 16.2 Å². The van der Waals surface area contributed by atoms with Crippen LogP contribution in [-0.2, 0) is 16.0 Å². The van der Waals surface area contributed by atoms with Crippen molar-refractivity contribution in [1.29, 1.82) is 0 Å². The predicted molar refractivity (Wildman–Crippen MR) is 86.2 cm³/mol. The number of ether oxygens (including phenoxy) is 2. The lowest BCUT2D eigenvalue weighted by Gasteiger charge is -2.21. The Hall–Kier alpha value is -1.67. The summed E-state index contributed by atoms with van der Waals surface area (Å²) >= 11 is 6.03. The van der Waals surface area contributed by atoms with E-state index in [-0.39, 0.29) is 5.69 Å². The van der Waals surface area contributed by atoms with E-state index in [1.165, 1.54) is 0 Å². The lowest BCUT2D eigenvalue weighted by atomic mass is 10.3. The van der Waals surface area contributed by atoms with Gasteiger partial charge in [-0.25, -0.2) is 9.78 Å². The van der Waals surface area contributed by atoms with Gasteiger partial charge in [-0.1, -0.05) is 11.6 Å². The van der Waals surface area contributed by atoms with Gasteiger partial charge in [0.15, 0.2) is 5.69 Å². The summed E-state index contributed by atoms with van der Waals surface area (Å²) < 4.78 is 11.9. The molecule has 0 aliphatic rings. The molecule has 0 spiro atoms. The van der Waals surface area contributed by atoms with Crippen molar-refractivity contribution >= 4 is 23.2 Å². The van der Waals surface area contributed by atoms with Gasteiger partial charge in [-0.15, -0.1) is 0 Å². The van der Waals surface area contributed by atoms with Gasteiger partial charge in [0, 0.05) is 40.1 Å². The second-order valence-corrected chi connectivity index (χ2v) is 5.49. The zero-order chi connectivity index (χ0) is 16.8. The van der Waals surface area contributed by atoms with Crippen molar-refractivity contribution in [3.8, 4) is 0 Å². The lowest BCUT2D eigenvalue weighted by molar-refractivity contribution is 0.0686. The molecule has 0 fully saturated rings. The van der Waals surface area contributed by atoms with Crippen LogP contribution in [-0.4, -0.2) is 65.9 Å². The van der Waals surface area contributed by atoms with Crippen LogP contribution in [0.15, 0.2) is 18.3 Å². The van der Waals surface area contributed by atoms with Gasteiger partial charge in [0.05, 0.1) is 23.9 Å². The maximum absolute atomic E-state index is 11.5. The van der Waals surface area contributed by atoms with Gasteiger partial charge in [0.2, 0.25) is 0 Å². The molecular formula is C15H20ClN3O4. The molecule has 0 aliphatic heterocycles. The van der Waals surface area contributed by atoms with E-state index in [1.54, 1.807) is 36.9 Å². The number of hydrogen-bond donors (Lipinski definition) is 1. The van der Waals surface area contributed by atoms with E-state index in [2.05, 4.69) is 9.88 Å². The molecule has 2 rings (SSSR count). The van der Waals surface area contributed by atoms with E-state index >= 15 is 0 Å². The number of aromatic nitrogens is 2. The van der Waals surface area contributed by atoms with E-state index in [0.29, 0.717) is 49.2 Å². The van der Waals surface area contributed by atoms with E-state index in [1.807, 2.05) is 0 Å². The number of aromatic carboxylic acids is 1. The molecule has 0 aromatic carbocycles. The van der Waals surface area contributed by atoms with Crippen LogP contribution in [0.25, 0.3) is 5.65 Å². The Bertz CT molecular complexity index is 666. The Morgan fingerprint density at radius 3 is 2.52 bits per heavy atom. The first-order valence-electron chi connectivity index (χ1n) is 7.16. The summed E-state index contributed by atoms with van der Waals surface area (Å²) in [7, 11) is 3.26. The van der Waals surface area contributed by atoms with Gasteiger partial charge >= 0.3 is 5.97 Å². The normalized spacial score (nSPS) is 11.5. The van der Waals surface area contributed by atoms with Crippen LogP contribution in [0.3, 0.4) is 0 Å². The van der Waals surface area contributed by atoms with Gasteiger partial charge in [-0.2, -0.15) is 0 Å². The van der Waals surface area contributed by atoms with E-state index in [4.69, 9.17) is 21.1 Å². The molecule has 7 nitrogen and oxygen atoms in total. The van der Waals surface area contributed by atoms with Gasteiger partial charge in [0.25, 0.3) is 0 Å². The van der Waals surface area contributed by atoms with Crippen molar-refractivity contribution < 1.29 is 19.4 Å². The molecule has 0 bridgehead atoms. The largest absolute Gasteiger partial charge is 0.476 e. The van der Waals surface area contributed by atoms with Gasteiger partial charge in [-0.3, -0.25) is 4.90 Å². The van der Waals surface area contributed by atoms with Gasteiger partial charge in [-0.05, 0) is 12.1 Å². The maximum atomic E-state index is 11.5. The van der Waals surface area contributed by atoms with Crippen molar-refractivity contribution in [2.24, 2.45) is 0 Å². The third-order valence-corrected chi connectivity index (χ3v) is 3.70. The highest BCUT2D eigenvalue weighted by Gasteiger charge is 2.20. The van der Waals surface area contributed by atoms with Crippen molar-refractivity contribution in [3.63, 3.8) is 0 Å². The Morgan fingerprint density at radius 2 is 1.96 bits per heavy atom. The van der Waals surface area contributed by atoms with E-state index in [9.17, 15) is 9.90 Å². The molecule has 23 heavy (non-hydrogen) atoms. The number of halogens is 1. The zero-order valence-corrected chi connectivity index (χ0v) is 13.9. The summed E-state index contributed by atoms with van der Waals surface area (Å²) in [6.07, 6.45) is 1.68. The molecule has 126 valence electrons. The molecule has 0 saturated heterocycles. The van der Waals surface area contributed by atoms with Crippen LogP contribution in [0.4, 0.5) is 0 Å². The molecule has 2 aromatic rings. The zero-order valence-electron chi connectivity index (χ0n) is 13.2. The van der Waals surface area contributed by atoms with Crippen LogP contribution in [0.5, 0.6) is 0 Å². The Labute approximate surface area is 139 Å². The highest BCUT2D eigenvalue weighted by molar-refractivity contribution is 6.30. The SMILES string of the molecule is COCCN(CCOC)Cc1c(C(=O)O)nc2ccc(Cl)cn12. The molecule has 2 aromatic heterocycles. The molecule has 0 atom stereocenters. The summed E-state index contributed by atoms with van der Waals surface area (Å²) in [5.74, 6) is -1.06. The predicted octanol–water partition coefficient (Wildman–Crippen LogP) is 1.78. The fourth-order valence-corrected chi connectivity index (χ4v) is 2.47. The summed E-state index contributed by atoms with van der Waals surface area (Å²) in [5.41, 5.74) is 1.18. The summed E-state index contributed by atoms with van der Waals surface area (Å²) in [4.78, 5) is 17.8. The minimum Gasteiger partial charge on any atom is -0.476 e. The number of pyridine rings is 1. The fourth-order valence-electron chi connectivity index (χ4n) is 2.31. The van der Waals surface area contributed by atoms with E-state index < -0.39 is 5.97 Å². The average molecular weight is 342 g/mol. The monoisotopic (exact) mass is 341 g/mol. The van der Waals surface area contributed by atoms with Crippen molar-refractivity contribution in [2.45, 2.75) is 6.54 Å². The highest BCUT2D eigenvalue weighted by Crippen LogP contribution is 2.18. The first-order chi connectivity index (χ1) is 11.1. The molecule has 8 heteroatoms. The topological polar surface area (TPSA) is 76.3 Å². The summed E-state index contributed by atoms with van der Waals surface area (Å²) in [6.45, 7) is 2.82. The Morgan fingerprint density at radius 1 is 1.30 bits per heavy atom. The number of hydrogen-bond acceptors (Lipinski definition) is 5. The van der Waals surface area contributed by atoms with Gasteiger partial charge < -0.3 is 19.0 Å². The second kappa shape index (κ2) is 8.26. The minimum absolute atomic E-state index is 0.0344.